The maximum atomic E-state index is 13.1. The summed E-state index contributed by atoms with van der Waals surface area (Å²) in [5, 5.41) is 11.7. The van der Waals surface area contributed by atoms with E-state index in [0.717, 1.165) is 4.90 Å². The molecule has 1 fully saturated rings. The number of benzene rings is 3. The molecule has 0 unspecified atom stereocenters. The van der Waals surface area contributed by atoms with Gasteiger partial charge in [-0.2, -0.15) is 0 Å². The first kappa shape index (κ1) is 23.2. The van der Waals surface area contributed by atoms with Crippen molar-refractivity contribution in [3.63, 3.8) is 0 Å². The molecule has 0 spiro atoms. The molecule has 172 valence electrons. The lowest BCUT2D eigenvalue weighted by Crippen LogP contribution is -2.30. The summed E-state index contributed by atoms with van der Waals surface area (Å²) in [5.74, 6) is -1.36. The van der Waals surface area contributed by atoms with Crippen LogP contribution in [0, 0.1) is 5.82 Å². The Balaban J connectivity index is 1.44. The molecule has 7 nitrogen and oxygen atoms in total. The molecule has 1 aliphatic rings. The third-order valence-corrected chi connectivity index (χ3v) is 5.67. The number of hydrogen-bond acceptors (Lipinski definition) is 4. The van der Waals surface area contributed by atoms with E-state index in [0.29, 0.717) is 26.9 Å². The van der Waals surface area contributed by atoms with Crippen molar-refractivity contribution in [1.29, 1.82) is 0 Å². The fourth-order valence-corrected chi connectivity index (χ4v) is 3.84. The number of halogens is 2. The fraction of sp³-hybridized carbons (Fsp3) is 0.0800. The van der Waals surface area contributed by atoms with Crippen LogP contribution in [0.1, 0.15) is 27.0 Å². The van der Waals surface area contributed by atoms with Crippen LogP contribution in [-0.2, 0) is 17.9 Å². The molecule has 2 N–H and O–H groups in total. The van der Waals surface area contributed by atoms with Gasteiger partial charge in [-0.05, 0) is 75.1 Å². The molecule has 34 heavy (non-hydrogen) atoms. The number of nitrogens with zero attached hydrogens (tertiary/aromatic N) is 1. The summed E-state index contributed by atoms with van der Waals surface area (Å²) >= 11 is 3.44. The lowest BCUT2D eigenvalue weighted by atomic mass is 10.1. The van der Waals surface area contributed by atoms with Crippen molar-refractivity contribution in [2.24, 2.45) is 0 Å². The lowest BCUT2D eigenvalue weighted by Gasteiger charge is -2.11. The molecule has 4 rings (SSSR count). The van der Waals surface area contributed by atoms with Gasteiger partial charge in [-0.15, -0.1) is 0 Å². The minimum absolute atomic E-state index is 0.0296. The summed E-state index contributed by atoms with van der Waals surface area (Å²) in [6, 6.07) is 16.7. The van der Waals surface area contributed by atoms with Gasteiger partial charge in [0.15, 0.2) is 0 Å². The van der Waals surface area contributed by atoms with Gasteiger partial charge < -0.3 is 15.2 Å². The number of carboxylic acid groups (broad SMARTS) is 1. The largest absolute Gasteiger partial charge is 0.488 e. The predicted molar refractivity (Wildman–Crippen MR) is 125 cm³/mol. The Labute approximate surface area is 202 Å². The zero-order chi connectivity index (χ0) is 24.2. The van der Waals surface area contributed by atoms with Crippen molar-refractivity contribution in [2.45, 2.75) is 13.2 Å². The molecule has 0 aromatic heterocycles. The zero-order valence-corrected chi connectivity index (χ0v) is 19.2. The lowest BCUT2D eigenvalue weighted by molar-refractivity contribution is -0.123. The molecule has 0 bridgehead atoms. The van der Waals surface area contributed by atoms with Crippen LogP contribution in [0.2, 0.25) is 0 Å². The van der Waals surface area contributed by atoms with Gasteiger partial charge in [-0.25, -0.2) is 14.0 Å². The summed E-state index contributed by atoms with van der Waals surface area (Å²) in [7, 11) is 0. The quantitative estimate of drug-likeness (QED) is 0.336. The highest BCUT2D eigenvalue weighted by Gasteiger charge is 2.33. The number of urea groups is 1. The molecule has 3 aromatic carbocycles. The highest BCUT2D eigenvalue weighted by molar-refractivity contribution is 9.10. The third kappa shape index (κ3) is 5.32. The van der Waals surface area contributed by atoms with Gasteiger partial charge in [0, 0.05) is 0 Å². The second-order valence-electron chi connectivity index (χ2n) is 7.49. The van der Waals surface area contributed by atoms with Crippen LogP contribution in [0.5, 0.6) is 5.75 Å². The maximum absolute atomic E-state index is 13.1. The van der Waals surface area contributed by atoms with Crippen molar-refractivity contribution in [2.75, 3.05) is 0 Å². The summed E-state index contributed by atoms with van der Waals surface area (Å²) < 4.78 is 19.5. The Hall–Kier alpha value is -3.98. The second kappa shape index (κ2) is 9.88. The summed E-state index contributed by atoms with van der Waals surface area (Å²) in [4.78, 5) is 37.1. The topological polar surface area (TPSA) is 95.9 Å². The van der Waals surface area contributed by atoms with Crippen LogP contribution in [0.4, 0.5) is 9.18 Å². The first-order valence-corrected chi connectivity index (χ1v) is 10.9. The van der Waals surface area contributed by atoms with Gasteiger partial charge in [0.05, 0.1) is 16.6 Å². The van der Waals surface area contributed by atoms with Gasteiger partial charge >= 0.3 is 12.0 Å². The molecular formula is C25H18BrFN2O5. The van der Waals surface area contributed by atoms with Gasteiger partial charge in [0.25, 0.3) is 5.91 Å². The molecule has 9 heteroatoms. The van der Waals surface area contributed by atoms with Crippen molar-refractivity contribution in [3.8, 4) is 5.75 Å². The summed E-state index contributed by atoms with van der Waals surface area (Å²) in [5.41, 5.74) is 2.29. The molecule has 3 amide bonds. The molecule has 1 aliphatic heterocycles. The third-order valence-electron chi connectivity index (χ3n) is 5.05. The molecule has 0 saturated carbocycles. The van der Waals surface area contributed by atoms with E-state index in [2.05, 4.69) is 21.2 Å². The van der Waals surface area contributed by atoms with E-state index in [1.807, 2.05) is 0 Å². The van der Waals surface area contributed by atoms with E-state index in [9.17, 15) is 18.8 Å². The Morgan fingerprint density at radius 1 is 1.06 bits per heavy atom. The van der Waals surface area contributed by atoms with Gasteiger partial charge in [0.2, 0.25) is 0 Å². The van der Waals surface area contributed by atoms with Crippen molar-refractivity contribution in [3.05, 3.63) is 105 Å². The summed E-state index contributed by atoms with van der Waals surface area (Å²) in [6.45, 7) is 0.203. The summed E-state index contributed by atoms with van der Waals surface area (Å²) in [6.07, 6.45) is 1.55. The van der Waals surface area contributed by atoms with E-state index in [4.69, 9.17) is 9.84 Å². The number of carbonyl (C=O) groups excluding carboxylic acids is 2. The van der Waals surface area contributed by atoms with Gasteiger partial charge in [-0.3, -0.25) is 9.69 Å². The minimum atomic E-state index is -1.01. The minimum Gasteiger partial charge on any atom is -0.488 e. The number of rotatable bonds is 7. The van der Waals surface area contributed by atoms with Crippen LogP contribution >= 0.6 is 15.9 Å². The smallest absolute Gasteiger partial charge is 0.335 e. The van der Waals surface area contributed by atoms with Crippen LogP contribution in [0.3, 0.4) is 0 Å². The monoisotopic (exact) mass is 524 g/mol. The molecule has 0 aliphatic carbocycles. The molecule has 1 saturated heterocycles. The molecule has 0 atom stereocenters. The molecule has 1 heterocycles. The first-order chi connectivity index (χ1) is 16.3. The fourth-order valence-electron chi connectivity index (χ4n) is 3.33. The zero-order valence-electron chi connectivity index (χ0n) is 17.6. The Kier molecular flexibility index (Phi) is 6.74. The SMILES string of the molecule is O=C(O)c1cccc(COc2ccc(/C=C3/NC(=O)N(Cc4ccc(F)cc4)C3=O)cc2Br)c1. The second-order valence-corrected chi connectivity index (χ2v) is 8.34. The van der Waals surface area contributed by atoms with Crippen LogP contribution in [0.15, 0.2) is 76.9 Å². The number of carboxylic acids is 1. The molecule has 3 aromatic rings. The van der Waals surface area contributed by atoms with Gasteiger partial charge in [0.1, 0.15) is 23.9 Å². The number of ether oxygens (including phenoxy) is 1. The average Bonchev–Trinajstić information content (AvgIpc) is 3.07. The van der Waals surface area contributed by atoms with Gasteiger partial charge in [-0.1, -0.05) is 30.3 Å². The number of hydrogen-bond donors (Lipinski definition) is 2. The van der Waals surface area contributed by atoms with E-state index < -0.39 is 23.7 Å². The molecule has 0 radical (unpaired) electrons. The van der Waals surface area contributed by atoms with Crippen LogP contribution < -0.4 is 10.1 Å². The molecular weight excluding hydrogens is 507 g/mol. The van der Waals surface area contributed by atoms with E-state index in [1.165, 1.54) is 30.3 Å². The van der Waals surface area contributed by atoms with Crippen molar-refractivity contribution >= 4 is 39.9 Å². The number of carbonyl (C=O) groups is 3. The van der Waals surface area contributed by atoms with E-state index >= 15 is 0 Å². The van der Waals surface area contributed by atoms with Crippen LogP contribution in [-0.4, -0.2) is 27.9 Å². The van der Waals surface area contributed by atoms with Crippen LogP contribution in [0.25, 0.3) is 6.08 Å². The Morgan fingerprint density at radius 2 is 1.82 bits per heavy atom. The van der Waals surface area contributed by atoms with Crippen molar-refractivity contribution < 1.29 is 28.6 Å². The normalized spacial score (nSPS) is 14.4. The first-order valence-electron chi connectivity index (χ1n) is 10.1. The Morgan fingerprint density at radius 3 is 2.53 bits per heavy atom. The number of nitrogens with one attached hydrogen (secondary N) is 1. The van der Waals surface area contributed by atoms with E-state index in [1.54, 1.807) is 42.5 Å². The van der Waals surface area contributed by atoms with Crippen molar-refractivity contribution in [1.82, 2.24) is 10.2 Å². The maximum Gasteiger partial charge on any atom is 0.335 e. The number of amides is 3. The number of imide groups is 1. The standard InChI is InChI=1S/C25H18BrFN2O5/c26-20-11-16(6-9-22(20)34-14-17-2-1-3-18(10-17)24(31)32)12-21-23(30)29(25(33)28-21)13-15-4-7-19(27)8-5-15/h1-12H,13-14H2,(H,28,33)(H,31,32)/b21-12+. The average molecular weight is 525 g/mol. The number of aromatic carboxylic acids is 1. The highest BCUT2D eigenvalue weighted by Crippen LogP contribution is 2.28. The van der Waals surface area contributed by atoms with E-state index in [-0.39, 0.29) is 24.4 Å². The predicted octanol–water partition coefficient (Wildman–Crippen LogP) is 4.96. The Bertz CT molecular complexity index is 1310. The highest BCUT2D eigenvalue weighted by atomic mass is 79.9.